The quantitative estimate of drug-likeness (QED) is 0.490. The molecule has 86 valence electrons. The first-order chi connectivity index (χ1) is 7.09. The van der Waals surface area contributed by atoms with Gasteiger partial charge in [0.05, 0.1) is 6.04 Å². The molecular formula is C10H21N5. The molecule has 0 aromatic rings. The van der Waals surface area contributed by atoms with Crippen molar-refractivity contribution in [3.8, 4) is 0 Å². The second-order valence-corrected chi connectivity index (χ2v) is 4.14. The van der Waals surface area contributed by atoms with Crippen molar-refractivity contribution in [3.05, 3.63) is 0 Å². The van der Waals surface area contributed by atoms with E-state index in [1.807, 2.05) is 14.1 Å². The third-order valence-corrected chi connectivity index (χ3v) is 2.58. The van der Waals surface area contributed by atoms with Gasteiger partial charge in [0, 0.05) is 14.1 Å². The highest BCUT2D eigenvalue weighted by Gasteiger charge is 2.12. The molecule has 4 N–H and O–H groups in total. The van der Waals surface area contributed by atoms with Crippen LogP contribution in [0.25, 0.3) is 0 Å². The number of nitrogens with zero attached hydrogens (tertiary/aromatic N) is 3. The fourth-order valence-corrected chi connectivity index (χ4v) is 1.64. The summed E-state index contributed by atoms with van der Waals surface area (Å²) in [5, 5.41) is 0. The summed E-state index contributed by atoms with van der Waals surface area (Å²) >= 11 is 0. The summed E-state index contributed by atoms with van der Waals surface area (Å²) in [6.07, 6.45) is 6.05. The van der Waals surface area contributed by atoms with Crippen molar-refractivity contribution in [1.82, 2.24) is 4.90 Å². The zero-order chi connectivity index (χ0) is 11.3. The van der Waals surface area contributed by atoms with E-state index in [0.717, 1.165) is 12.8 Å². The predicted molar refractivity (Wildman–Crippen MR) is 63.8 cm³/mol. The van der Waals surface area contributed by atoms with E-state index in [2.05, 4.69) is 9.98 Å². The van der Waals surface area contributed by atoms with Gasteiger partial charge in [-0.05, 0) is 12.8 Å². The number of rotatable bonds is 1. The summed E-state index contributed by atoms with van der Waals surface area (Å²) in [5.74, 6) is 0.695. The summed E-state index contributed by atoms with van der Waals surface area (Å²) in [7, 11) is 3.65. The first kappa shape index (κ1) is 11.8. The van der Waals surface area contributed by atoms with Crippen LogP contribution in [-0.2, 0) is 0 Å². The Morgan fingerprint density at radius 1 is 1.13 bits per heavy atom. The monoisotopic (exact) mass is 211 g/mol. The summed E-state index contributed by atoms with van der Waals surface area (Å²) < 4.78 is 0. The van der Waals surface area contributed by atoms with Gasteiger partial charge in [-0.15, -0.1) is 0 Å². The Labute approximate surface area is 91.2 Å². The average Bonchev–Trinajstić information content (AvgIpc) is 2.18. The lowest BCUT2D eigenvalue weighted by Crippen LogP contribution is -2.32. The van der Waals surface area contributed by atoms with E-state index in [0.29, 0.717) is 18.0 Å². The number of guanidine groups is 2. The maximum absolute atomic E-state index is 5.70. The molecule has 0 aromatic carbocycles. The second kappa shape index (κ2) is 5.58. The molecule has 1 aliphatic rings. The van der Waals surface area contributed by atoms with Crippen LogP contribution in [0.2, 0.25) is 0 Å². The maximum atomic E-state index is 5.70. The number of aliphatic imine (C=N–C) groups is 2. The van der Waals surface area contributed by atoms with Gasteiger partial charge in [-0.2, -0.15) is 4.99 Å². The van der Waals surface area contributed by atoms with Crippen molar-refractivity contribution >= 4 is 11.9 Å². The molecule has 0 atom stereocenters. The largest absolute Gasteiger partial charge is 0.369 e. The van der Waals surface area contributed by atoms with Gasteiger partial charge in [0.2, 0.25) is 5.96 Å². The second-order valence-electron chi connectivity index (χ2n) is 4.14. The molecule has 15 heavy (non-hydrogen) atoms. The average molecular weight is 211 g/mol. The Morgan fingerprint density at radius 2 is 1.73 bits per heavy atom. The van der Waals surface area contributed by atoms with Gasteiger partial charge in [0.25, 0.3) is 0 Å². The molecule has 0 heterocycles. The van der Waals surface area contributed by atoms with Crippen molar-refractivity contribution in [2.75, 3.05) is 14.1 Å². The molecule has 1 rings (SSSR count). The molecule has 0 saturated heterocycles. The molecule has 0 aliphatic heterocycles. The van der Waals surface area contributed by atoms with Crippen molar-refractivity contribution in [1.29, 1.82) is 0 Å². The lowest BCUT2D eigenvalue weighted by Gasteiger charge is -2.17. The topological polar surface area (TPSA) is 80.0 Å². The highest BCUT2D eigenvalue weighted by atomic mass is 15.2. The van der Waals surface area contributed by atoms with Crippen LogP contribution in [0.1, 0.15) is 32.1 Å². The minimum Gasteiger partial charge on any atom is -0.369 e. The molecule has 5 nitrogen and oxygen atoms in total. The van der Waals surface area contributed by atoms with Crippen molar-refractivity contribution in [2.45, 2.75) is 38.1 Å². The van der Waals surface area contributed by atoms with Crippen molar-refractivity contribution in [3.63, 3.8) is 0 Å². The fraction of sp³-hybridized carbons (Fsp3) is 0.800. The van der Waals surface area contributed by atoms with E-state index in [4.69, 9.17) is 11.5 Å². The molecule has 0 unspecified atom stereocenters. The first-order valence-corrected chi connectivity index (χ1v) is 5.44. The van der Waals surface area contributed by atoms with Crippen LogP contribution in [0.15, 0.2) is 9.98 Å². The molecule has 0 aromatic heterocycles. The van der Waals surface area contributed by atoms with Gasteiger partial charge in [-0.3, -0.25) is 0 Å². The Balaban J connectivity index is 2.54. The van der Waals surface area contributed by atoms with Crippen LogP contribution in [0.3, 0.4) is 0 Å². The van der Waals surface area contributed by atoms with Gasteiger partial charge in [-0.25, -0.2) is 4.99 Å². The zero-order valence-corrected chi connectivity index (χ0v) is 9.61. The lowest BCUT2D eigenvalue weighted by atomic mass is 9.96. The summed E-state index contributed by atoms with van der Waals surface area (Å²) in [5.41, 5.74) is 11.3. The third-order valence-electron chi connectivity index (χ3n) is 2.58. The third kappa shape index (κ3) is 4.18. The van der Waals surface area contributed by atoms with E-state index in [1.165, 1.54) is 19.3 Å². The number of hydrogen-bond donors (Lipinski definition) is 2. The van der Waals surface area contributed by atoms with Gasteiger partial charge in [-0.1, -0.05) is 19.3 Å². The van der Waals surface area contributed by atoms with Crippen LogP contribution in [0.5, 0.6) is 0 Å². The van der Waals surface area contributed by atoms with Crippen molar-refractivity contribution in [2.24, 2.45) is 21.5 Å². The van der Waals surface area contributed by atoms with E-state index in [9.17, 15) is 0 Å². The van der Waals surface area contributed by atoms with Crippen LogP contribution in [-0.4, -0.2) is 37.0 Å². The van der Waals surface area contributed by atoms with Crippen LogP contribution in [0.4, 0.5) is 0 Å². The molecule has 0 amide bonds. The van der Waals surface area contributed by atoms with E-state index in [-0.39, 0.29) is 0 Å². The lowest BCUT2D eigenvalue weighted by molar-refractivity contribution is 0.443. The predicted octanol–water partition coefficient (Wildman–Crippen LogP) is 0.510. The van der Waals surface area contributed by atoms with Crippen LogP contribution in [0, 0.1) is 0 Å². The first-order valence-electron chi connectivity index (χ1n) is 5.44. The number of nitrogens with two attached hydrogens (primary N) is 2. The van der Waals surface area contributed by atoms with Gasteiger partial charge < -0.3 is 16.4 Å². The fourth-order valence-electron chi connectivity index (χ4n) is 1.64. The van der Waals surface area contributed by atoms with Gasteiger partial charge >= 0.3 is 0 Å². The smallest absolute Gasteiger partial charge is 0.218 e. The highest BCUT2D eigenvalue weighted by molar-refractivity contribution is 5.93. The standard InChI is InChI=1S/C10H21N5/c1-15(2)10(12)14-9(11)13-8-6-4-3-5-7-8/h8H,3-7H2,1-2H3,(H4,11,12,13,14). The molecule has 0 radical (unpaired) electrons. The molecular weight excluding hydrogens is 190 g/mol. The normalized spacial score (nSPS) is 20.4. The Bertz CT molecular complexity index is 251. The highest BCUT2D eigenvalue weighted by Crippen LogP contribution is 2.20. The molecule has 1 aliphatic carbocycles. The maximum Gasteiger partial charge on any atom is 0.218 e. The van der Waals surface area contributed by atoms with Gasteiger partial charge in [0.15, 0.2) is 5.96 Å². The SMILES string of the molecule is CN(C)C(N)=NC(N)=NC1CCCCC1. The molecule has 5 heteroatoms. The summed E-state index contributed by atoms with van der Waals surface area (Å²) in [6, 6.07) is 0.345. The minimum atomic E-state index is 0.299. The minimum absolute atomic E-state index is 0.299. The molecule has 0 spiro atoms. The Morgan fingerprint density at radius 3 is 2.27 bits per heavy atom. The summed E-state index contributed by atoms with van der Waals surface area (Å²) in [6.45, 7) is 0. The number of hydrogen-bond acceptors (Lipinski definition) is 1. The van der Waals surface area contributed by atoms with E-state index in [1.54, 1.807) is 4.90 Å². The van der Waals surface area contributed by atoms with Gasteiger partial charge in [0.1, 0.15) is 0 Å². The Kier molecular flexibility index (Phi) is 4.39. The van der Waals surface area contributed by atoms with Crippen LogP contribution < -0.4 is 11.5 Å². The molecule has 0 bridgehead atoms. The van der Waals surface area contributed by atoms with E-state index < -0.39 is 0 Å². The van der Waals surface area contributed by atoms with E-state index >= 15 is 0 Å². The zero-order valence-electron chi connectivity index (χ0n) is 9.61. The van der Waals surface area contributed by atoms with Crippen LogP contribution >= 0.6 is 0 Å². The molecule has 1 saturated carbocycles. The molecule has 1 fully saturated rings. The van der Waals surface area contributed by atoms with Crippen molar-refractivity contribution < 1.29 is 0 Å². The Hall–Kier alpha value is -1.26. The summed E-state index contributed by atoms with van der Waals surface area (Å²) in [4.78, 5) is 10.1.